The maximum absolute atomic E-state index is 14.0. The van der Waals surface area contributed by atoms with Gasteiger partial charge in [-0.3, -0.25) is 0 Å². The summed E-state index contributed by atoms with van der Waals surface area (Å²) < 4.78 is 14.4. The number of rotatable bonds is 4. The molecule has 5 heteroatoms. The number of nitrogens with one attached hydrogen (secondary N) is 1. The molecule has 17 heavy (non-hydrogen) atoms. The van der Waals surface area contributed by atoms with Crippen molar-refractivity contribution in [3.05, 3.63) is 28.0 Å². The Labute approximate surface area is 114 Å². The summed E-state index contributed by atoms with van der Waals surface area (Å²) in [6.07, 6.45) is 2.25. The second kappa shape index (κ2) is 4.90. The Morgan fingerprint density at radius 1 is 1.65 bits per heavy atom. The molecule has 1 saturated carbocycles. The van der Waals surface area contributed by atoms with Crippen LogP contribution in [0, 0.1) is 11.7 Å². The third-order valence-electron chi connectivity index (χ3n) is 3.14. The maximum Gasteiger partial charge on any atom is 0.161 e. The third kappa shape index (κ3) is 2.60. The van der Waals surface area contributed by atoms with E-state index in [0.717, 1.165) is 12.8 Å². The van der Waals surface area contributed by atoms with Crippen molar-refractivity contribution in [3.8, 4) is 0 Å². The van der Waals surface area contributed by atoms with Crippen LogP contribution in [0.3, 0.4) is 0 Å². The Balaban J connectivity index is 2.19. The molecule has 0 amide bonds. The van der Waals surface area contributed by atoms with Crippen LogP contribution in [-0.2, 0) is 0 Å². The number of nitrogens with two attached hydrogens (primary N) is 1. The zero-order valence-electron chi connectivity index (χ0n) is 9.47. The summed E-state index contributed by atoms with van der Waals surface area (Å²) in [4.78, 5) is 0.195. The van der Waals surface area contributed by atoms with Crippen molar-refractivity contribution < 1.29 is 4.39 Å². The molecule has 1 aliphatic carbocycles. The number of hydrogen-bond acceptors (Lipinski definition) is 2. The highest BCUT2D eigenvalue weighted by Crippen LogP contribution is 2.37. The van der Waals surface area contributed by atoms with Gasteiger partial charge in [0.05, 0.1) is 10.2 Å². The Bertz CT molecular complexity index is 464. The number of halogens is 2. The van der Waals surface area contributed by atoms with Crippen molar-refractivity contribution >= 4 is 38.8 Å². The van der Waals surface area contributed by atoms with Gasteiger partial charge in [0.2, 0.25) is 0 Å². The lowest BCUT2D eigenvalue weighted by Gasteiger charge is -2.10. The average molecular weight is 317 g/mol. The summed E-state index contributed by atoms with van der Waals surface area (Å²) in [6.45, 7) is 2.15. The van der Waals surface area contributed by atoms with Gasteiger partial charge in [-0.1, -0.05) is 25.6 Å². The molecule has 2 atom stereocenters. The molecule has 2 nitrogen and oxygen atoms in total. The van der Waals surface area contributed by atoms with Crippen molar-refractivity contribution in [3.63, 3.8) is 0 Å². The van der Waals surface area contributed by atoms with Gasteiger partial charge in [-0.25, -0.2) is 4.39 Å². The topological polar surface area (TPSA) is 38.0 Å². The van der Waals surface area contributed by atoms with E-state index in [2.05, 4.69) is 28.2 Å². The van der Waals surface area contributed by atoms with E-state index >= 15 is 0 Å². The highest BCUT2D eigenvalue weighted by Gasteiger charge is 2.35. The van der Waals surface area contributed by atoms with Gasteiger partial charge in [0, 0.05) is 11.6 Å². The third-order valence-corrected chi connectivity index (χ3v) is 4.13. The fraction of sp³-hybridized carbons (Fsp3) is 0.417. The van der Waals surface area contributed by atoms with Gasteiger partial charge in [0.1, 0.15) is 4.99 Å². The van der Waals surface area contributed by atoms with Crippen molar-refractivity contribution in [2.45, 2.75) is 25.8 Å². The molecule has 0 heterocycles. The molecular weight excluding hydrogens is 303 g/mol. The molecule has 1 aromatic rings. The average Bonchev–Trinajstić information content (AvgIpc) is 3.03. The molecule has 0 bridgehead atoms. The molecule has 92 valence electrons. The Morgan fingerprint density at radius 3 is 2.88 bits per heavy atom. The first-order chi connectivity index (χ1) is 8.04. The summed E-state index contributed by atoms with van der Waals surface area (Å²) in [5, 5.41) is 3.20. The first kappa shape index (κ1) is 12.8. The van der Waals surface area contributed by atoms with Gasteiger partial charge in [-0.15, -0.1) is 0 Å². The molecule has 1 fully saturated rings. The predicted molar refractivity (Wildman–Crippen MR) is 75.8 cm³/mol. The van der Waals surface area contributed by atoms with Crippen LogP contribution in [0.1, 0.15) is 25.3 Å². The van der Waals surface area contributed by atoms with Gasteiger partial charge in [-0.05, 0) is 40.4 Å². The quantitative estimate of drug-likeness (QED) is 0.836. The fourth-order valence-corrected chi connectivity index (χ4v) is 2.79. The molecular formula is C12H14BrFN2S. The van der Waals surface area contributed by atoms with Crippen LogP contribution >= 0.6 is 28.1 Å². The van der Waals surface area contributed by atoms with E-state index in [4.69, 9.17) is 18.0 Å². The molecule has 0 spiro atoms. The first-order valence-electron chi connectivity index (χ1n) is 5.59. The van der Waals surface area contributed by atoms with E-state index in [1.165, 1.54) is 0 Å². The van der Waals surface area contributed by atoms with E-state index < -0.39 is 0 Å². The molecule has 1 aliphatic rings. The summed E-state index contributed by atoms with van der Waals surface area (Å²) in [6, 6.07) is 3.83. The highest BCUT2D eigenvalue weighted by molar-refractivity contribution is 9.10. The van der Waals surface area contributed by atoms with Crippen LogP contribution in [0.2, 0.25) is 0 Å². The molecule has 0 saturated heterocycles. The van der Waals surface area contributed by atoms with Gasteiger partial charge < -0.3 is 11.1 Å². The fourth-order valence-electron chi connectivity index (χ4n) is 1.93. The van der Waals surface area contributed by atoms with E-state index in [9.17, 15) is 4.39 Å². The zero-order chi connectivity index (χ0) is 12.6. The van der Waals surface area contributed by atoms with E-state index in [-0.39, 0.29) is 10.8 Å². The minimum atomic E-state index is -0.322. The summed E-state index contributed by atoms with van der Waals surface area (Å²) >= 11 is 8.04. The van der Waals surface area contributed by atoms with Gasteiger partial charge in [0.25, 0.3) is 0 Å². The lowest BCUT2D eigenvalue weighted by Crippen LogP contribution is -2.12. The van der Waals surface area contributed by atoms with Crippen molar-refractivity contribution in [1.29, 1.82) is 0 Å². The Hall–Kier alpha value is -0.680. The molecule has 0 radical (unpaired) electrons. The normalized spacial score (nSPS) is 22.3. The lowest BCUT2D eigenvalue weighted by atomic mass is 10.2. The summed E-state index contributed by atoms with van der Waals surface area (Å²) in [7, 11) is 0. The van der Waals surface area contributed by atoms with Crippen LogP contribution in [0.25, 0.3) is 0 Å². The highest BCUT2D eigenvalue weighted by atomic mass is 79.9. The molecule has 2 unspecified atom stereocenters. The minimum absolute atomic E-state index is 0.195. The van der Waals surface area contributed by atoms with Gasteiger partial charge in [-0.2, -0.15) is 0 Å². The molecule has 3 N–H and O–H groups in total. The van der Waals surface area contributed by atoms with Crippen molar-refractivity contribution in [1.82, 2.24) is 0 Å². The van der Waals surface area contributed by atoms with Crippen LogP contribution in [0.15, 0.2) is 16.6 Å². The van der Waals surface area contributed by atoms with Gasteiger partial charge >= 0.3 is 0 Å². The smallest absolute Gasteiger partial charge is 0.161 e. The van der Waals surface area contributed by atoms with Crippen LogP contribution in [-0.4, -0.2) is 11.0 Å². The number of benzene rings is 1. The lowest BCUT2D eigenvalue weighted by molar-refractivity contribution is 0.622. The Kier molecular flexibility index (Phi) is 3.68. The van der Waals surface area contributed by atoms with Crippen LogP contribution in [0.5, 0.6) is 0 Å². The van der Waals surface area contributed by atoms with Gasteiger partial charge in [0.15, 0.2) is 5.82 Å². The predicted octanol–water partition coefficient (Wildman–Crippen LogP) is 3.43. The minimum Gasteiger partial charge on any atom is -0.389 e. The van der Waals surface area contributed by atoms with E-state index in [1.807, 2.05) is 0 Å². The molecule has 1 aromatic carbocycles. The zero-order valence-corrected chi connectivity index (χ0v) is 11.9. The van der Waals surface area contributed by atoms with Crippen LogP contribution in [0.4, 0.5) is 10.1 Å². The summed E-state index contributed by atoms with van der Waals surface area (Å²) in [5.74, 6) is 0.348. The SMILES string of the molecule is CCC1CC1Nc1ccc(C(N)=S)c(Br)c1F. The van der Waals surface area contributed by atoms with Crippen molar-refractivity contribution in [2.75, 3.05) is 5.32 Å². The number of thiocarbonyl (C=S) groups is 1. The van der Waals surface area contributed by atoms with Crippen molar-refractivity contribution in [2.24, 2.45) is 11.7 Å². The number of anilines is 1. The van der Waals surface area contributed by atoms with E-state index in [0.29, 0.717) is 27.7 Å². The standard InChI is InChI=1S/C12H14BrFN2S/c1-2-6-5-9(6)16-8-4-3-7(12(15)17)10(13)11(8)14/h3-4,6,9,16H,2,5H2,1H3,(H2,15,17). The first-order valence-corrected chi connectivity index (χ1v) is 6.79. The number of hydrogen-bond donors (Lipinski definition) is 2. The Morgan fingerprint density at radius 2 is 2.35 bits per heavy atom. The van der Waals surface area contributed by atoms with E-state index in [1.54, 1.807) is 12.1 Å². The second-order valence-corrected chi connectivity index (χ2v) is 5.54. The maximum atomic E-state index is 14.0. The molecule has 2 rings (SSSR count). The molecule has 0 aliphatic heterocycles. The second-order valence-electron chi connectivity index (χ2n) is 4.31. The van der Waals surface area contributed by atoms with Crippen LogP contribution < -0.4 is 11.1 Å². The summed E-state index contributed by atoms with van der Waals surface area (Å²) in [5.41, 5.74) is 6.55. The molecule has 0 aromatic heterocycles. The largest absolute Gasteiger partial charge is 0.389 e. The monoisotopic (exact) mass is 316 g/mol.